The first-order chi connectivity index (χ1) is 12.1. The van der Waals surface area contributed by atoms with E-state index in [1.165, 1.54) is 11.7 Å². The van der Waals surface area contributed by atoms with Crippen LogP contribution < -0.4 is 21.3 Å². The molecule has 0 spiro atoms. The van der Waals surface area contributed by atoms with Gasteiger partial charge in [-0.2, -0.15) is 0 Å². The van der Waals surface area contributed by atoms with E-state index < -0.39 is 11.2 Å². The van der Waals surface area contributed by atoms with Crippen molar-refractivity contribution >= 4 is 22.5 Å². The summed E-state index contributed by atoms with van der Waals surface area (Å²) in [5.41, 5.74) is 0.0964. The van der Waals surface area contributed by atoms with E-state index in [1.54, 1.807) is 48.5 Å². The number of anilines is 1. The summed E-state index contributed by atoms with van der Waals surface area (Å²) >= 11 is 0. The van der Waals surface area contributed by atoms with Gasteiger partial charge in [0.05, 0.1) is 23.7 Å². The molecule has 0 radical (unpaired) electrons. The monoisotopic (exact) mass is 339 g/mol. The molecule has 1 aromatic heterocycles. The molecule has 0 fully saturated rings. The van der Waals surface area contributed by atoms with Gasteiger partial charge in [0.25, 0.3) is 5.56 Å². The summed E-state index contributed by atoms with van der Waals surface area (Å²) < 4.78 is 6.58. The number of benzene rings is 2. The quantitative estimate of drug-likeness (QED) is 0.740. The molecule has 1 heterocycles. The van der Waals surface area contributed by atoms with Crippen molar-refractivity contribution in [2.75, 3.05) is 12.4 Å². The third-order valence-electron chi connectivity index (χ3n) is 3.85. The van der Waals surface area contributed by atoms with Gasteiger partial charge in [-0.05, 0) is 24.3 Å². The van der Waals surface area contributed by atoms with Crippen molar-refractivity contribution in [1.29, 1.82) is 0 Å². The van der Waals surface area contributed by atoms with Crippen molar-refractivity contribution in [3.63, 3.8) is 0 Å². The predicted octanol–water partition coefficient (Wildman–Crippen LogP) is 1.73. The fourth-order valence-electron chi connectivity index (χ4n) is 2.64. The minimum atomic E-state index is -0.534. The number of H-pyrrole nitrogens is 1. The summed E-state index contributed by atoms with van der Waals surface area (Å²) in [6.45, 7) is 0.150. The Bertz CT molecular complexity index is 1040. The summed E-state index contributed by atoms with van der Waals surface area (Å²) in [5.74, 6) is 0.300. The van der Waals surface area contributed by atoms with E-state index in [9.17, 15) is 14.4 Å². The van der Waals surface area contributed by atoms with Crippen molar-refractivity contribution in [2.45, 2.75) is 13.0 Å². The summed E-state index contributed by atoms with van der Waals surface area (Å²) in [7, 11) is 1.52. The number of aromatic nitrogens is 2. The molecule has 3 rings (SSSR count). The van der Waals surface area contributed by atoms with Crippen LogP contribution in [0.5, 0.6) is 5.75 Å². The van der Waals surface area contributed by atoms with Crippen molar-refractivity contribution in [2.24, 2.45) is 0 Å². The van der Waals surface area contributed by atoms with Gasteiger partial charge in [-0.15, -0.1) is 0 Å². The topological polar surface area (TPSA) is 93.2 Å². The lowest BCUT2D eigenvalue weighted by Crippen LogP contribution is -2.31. The van der Waals surface area contributed by atoms with Crippen LogP contribution in [-0.4, -0.2) is 22.6 Å². The van der Waals surface area contributed by atoms with Crippen LogP contribution in [0.1, 0.15) is 6.42 Å². The molecule has 0 aliphatic heterocycles. The predicted molar refractivity (Wildman–Crippen MR) is 95.1 cm³/mol. The number of methoxy groups -OCH3 is 1. The van der Waals surface area contributed by atoms with Gasteiger partial charge in [-0.25, -0.2) is 4.79 Å². The number of fused-ring (bicyclic) bond motifs is 1. The second kappa shape index (κ2) is 7.04. The molecular weight excluding hydrogens is 322 g/mol. The molecule has 0 saturated carbocycles. The highest BCUT2D eigenvalue weighted by atomic mass is 16.5. The number of ether oxygens (including phenoxy) is 1. The number of para-hydroxylation sites is 3. The Hall–Kier alpha value is -3.35. The van der Waals surface area contributed by atoms with Crippen LogP contribution in [-0.2, 0) is 11.3 Å². The molecule has 0 atom stereocenters. The Morgan fingerprint density at radius 2 is 1.84 bits per heavy atom. The third-order valence-corrected chi connectivity index (χ3v) is 3.85. The smallest absolute Gasteiger partial charge is 0.328 e. The van der Waals surface area contributed by atoms with Crippen LogP contribution in [0.3, 0.4) is 0 Å². The van der Waals surface area contributed by atoms with Gasteiger partial charge in [-0.3, -0.25) is 19.1 Å². The van der Waals surface area contributed by atoms with Crippen LogP contribution >= 0.6 is 0 Å². The summed E-state index contributed by atoms with van der Waals surface area (Å²) in [6, 6.07) is 13.9. The van der Waals surface area contributed by atoms with E-state index >= 15 is 0 Å². The van der Waals surface area contributed by atoms with Crippen LogP contribution in [0.25, 0.3) is 10.9 Å². The minimum absolute atomic E-state index is 0.0774. The molecule has 2 aromatic carbocycles. The fourth-order valence-corrected chi connectivity index (χ4v) is 2.64. The number of amides is 1. The lowest BCUT2D eigenvalue weighted by atomic mass is 10.2. The fraction of sp³-hybridized carbons (Fsp3) is 0.167. The number of hydrogen-bond acceptors (Lipinski definition) is 4. The number of aryl methyl sites for hydroxylation is 1. The molecular formula is C18H17N3O4. The van der Waals surface area contributed by atoms with E-state index in [-0.39, 0.29) is 18.9 Å². The van der Waals surface area contributed by atoms with E-state index in [4.69, 9.17) is 4.74 Å². The van der Waals surface area contributed by atoms with Crippen LogP contribution in [0.2, 0.25) is 0 Å². The summed E-state index contributed by atoms with van der Waals surface area (Å²) in [6.07, 6.45) is 0.0774. The molecule has 128 valence electrons. The van der Waals surface area contributed by atoms with Crippen molar-refractivity contribution < 1.29 is 9.53 Å². The first-order valence-corrected chi connectivity index (χ1v) is 7.75. The number of carbonyl (C=O) groups is 1. The maximum absolute atomic E-state index is 12.2. The number of aromatic amines is 1. The molecule has 3 aromatic rings. The van der Waals surface area contributed by atoms with Gasteiger partial charge in [0.15, 0.2) is 0 Å². The Morgan fingerprint density at radius 3 is 2.64 bits per heavy atom. The highest BCUT2D eigenvalue weighted by molar-refractivity contribution is 5.92. The van der Waals surface area contributed by atoms with Gasteiger partial charge >= 0.3 is 5.69 Å². The van der Waals surface area contributed by atoms with Crippen LogP contribution in [0, 0.1) is 0 Å². The highest BCUT2D eigenvalue weighted by Gasteiger charge is 2.10. The SMILES string of the molecule is COc1ccccc1NC(=O)CCn1c(=O)[nH]c(=O)c2ccccc21. The van der Waals surface area contributed by atoms with Crippen molar-refractivity contribution in [3.05, 3.63) is 69.4 Å². The lowest BCUT2D eigenvalue weighted by molar-refractivity contribution is -0.116. The molecule has 2 N–H and O–H groups in total. The molecule has 1 amide bonds. The second-order valence-electron chi connectivity index (χ2n) is 5.43. The molecule has 0 saturated heterocycles. The van der Waals surface area contributed by atoms with Crippen molar-refractivity contribution in [1.82, 2.24) is 9.55 Å². The summed E-state index contributed by atoms with van der Waals surface area (Å²) in [5, 5.41) is 3.17. The molecule has 7 heteroatoms. The zero-order chi connectivity index (χ0) is 17.8. The standard InChI is InChI=1S/C18H17N3O4/c1-25-15-9-5-3-7-13(15)19-16(22)10-11-21-14-8-4-2-6-12(14)17(23)20-18(21)24/h2-9H,10-11H2,1H3,(H,19,22)(H,20,23,24). The van der Waals surface area contributed by atoms with E-state index in [0.717, 1.165) is 0 Å². The zero-order valence-electron chi connectivity index (χ0n) is 13.6. The molecule has 0 aliphatic rings. The van der Waals surface area contributed by atoms with Gasteiger partial charge in [0, 0.05) is 13.0 Å². The van der Waals surface area contributed by atoms with Crippen LogP contribution in [0.15, 0.2) is 58.1 Å². The second-order valence-corrected chi connectivity index (χ2v) is 5.43. The summed E-state index contributed by atoms with van der Waals surface area (Å²) in [4.78, 5) is 38.4. The molecule has 0 aliphatic carbocycles. The van der Waals surface area contributed by atoms with Gasteiger partial charge in [0.1, 0.15) is 5.75 Å². The van der Waals surface area contributed by atoms with E-state index in [2.05, 4.69) is 10.3 Å². The maximum atomic E-state index is 12.2. The Morgan fingerprint density at radius 1 is 1.12 bits per heavy atom. The van der Waals surface area contributed by atoms with Gasteiger partial charge in [0.2, 0.25) is 5.91 Å². The number of nitrogens with one attached hydrogen (secondary N) is 2. The largest absolute Gasteiger partial charge is 0.495 e. The lowest BCUT2D eigenvalue weighted by Gasteiger charge is -2.11. The zero-order valence-corrected chi connectivity index (χ0v) is 13.6. The Kier molecular flexibility index (Phi) is 4.65. The third kappa shape index (κ3) is 3.45. The van der Waals surface area contributed by atoms with Crippen molar-refractivity contribution in [3.8, 4) is 5.75 Å². The highest BCUT2D eigenvalue weighted by Crippen LogP contribution is 2.23. The van der Waals surface area contributed by atoms with E-state index in [0.29, 0.717) is 22.3 Å². The Balaban J connectivity index is 1.80. The first kappa shape index (κ1) is 16.5. The van der Waals surface area contributed by atoms with Gasteiger partial charge < -0.3 is 10.1 Å². The van der Waals surface area contributed by atoms with Gasteiger partial charge in [-0.1, -0.05) is 24.3 Å². The molecule has 0 unspecified atom stereocenters. The first-order valence-electron chi connectivity index (χ1n) is 7.75. The molecule has 0 bridgehead atoms. The Labute approximate surface area is 142 Å². The normalized spacial score (nSPS) is 10.6. The maximum Gasteiger partial charge on any atom is 0.328 e. The molecule has 25 heavy (non-hydrogen) atoms. The number of rotatable bonds is 5. The number of nitrogens with zero attached hydrogens (tertiary/aromatic N) is 1. The average Bonchev–Trinajstić information content (AvgIpc) is 2.62. The number of carbonyl (C=O) groups excluding carboxylic acids is 1. The minimum Gasteiger partial charge on any atom is -0.495 e. The number of hydrogen-bond donors (Lipinski definition) is 2. The van der Waals surface area contributed by atoms with Crippen LogP contribution in [0.4, 0.5) is 5.69 Å². The molecule has 7 nitrogen and oxygen atoms in total. The van der Waals surface area contributed by atoms with E-state index in [1.807, 2.05) is 0 Å². The average molecular weight is 339 g/mol.